The molecule has 1 N–H and O–H groups in total. The number of piperidine rings is 1. The molecule has 0 bridgehead atoms. The van der Waals surface area contributed by atoms with E-state index in [1.165, 1.54) is 11.3 Å². The highest BCUT2D eigenvalue weighted by atomic mass is 32.1. The van der Waals surface area contributed by atoms with Crippen molar-refractivity contribution in [3.8, 4) is 11.5 Å². The molecule has 130 valence electrons. The molecular formula is C18H22N6S. The standard InChI is InChI=1S/C18H22N6S/c1-12-8-21-18(23-12)17-16(19-5-6-20-17)14-4-3-7-24(9-14)10-15-13(2)22-11-25-15/h5-6,8,11,14H,3-4,7,9-10H2,1-2H3,(H,21,23). The number of rotatable bonds is 4. The third-order valence-electron chi connectivity index (χ3n) is 4.76. The van der Waals surface area contributed by atoms with E-state index in [1.54, 1.807) is 23.7 Å². The summed E-state index contributed by atoms with van der Waals surface area (Å²) >= 11 is 1.75. The van der Waals surface area contributed by atoms with Gasteiger partial charge in [0.1, 0.15) is 5.69 Å². The van der Waals surface area contributed by atoms with Gasteiger partial charge in [0.25, 0.3) is 0 Å². The number of H-pyrrole nitrogens is 1. The van der Waals surface area contributed by atoms with Crippen LogP contribution in [0.5, 0.6) is 0 Å². The van der Waals surface area contributed by atoms with E-state index in [9.17, 15) is 0 Å². The molecule has 1 unspecified atom stereocenters. The van der Waals surface area contributed by atoms with Gasteiger partial charge in [-0.1, -0.05) is 0 Å². The molecule has 4 rings (SSSR count). The Balaban J connectivity index is 1.56. The van der Waals surface area contributed by atoms with Crippen molar-refractivity contribution in [1.29, 1.82) is 0 Å². The number of hydrogen-bond donors (Lipinski definition) is 1. The molecule has 0 amide bonds. The van der Waals surface area contributed by atoms with E-state index in [0.29, 0.717) is 5.92 Å². The second kappa shape index (κ2) is 7.01. The molecule has 1 aliphatic rings. The monoisotopic (exact) mass is 354 g/mol. The van der Waals surface area contributed by atoms with Crippen LogP contribution < -0.4 is 0 Å². The number of aromatic amines is 1. The van der Waals surface area contributed by atoms with Gasteiger partial charge < -0.3 is 4.98 Å². The zero-order valence-corrected chi connectivity index (χ0v) is 15.4. The fourth-order valence-corrected chi connectivity index (χ4v) is 4.28. The molecule has 0 saturated carbocycles. The van der Waals surface area contributed by atoms with Gasteiger partial charge in [0, 0.05) is 48.2 Å². The van der Waals surface area contributed by atoms with Crippen molar-refractivity contribution in [2.45, 2.75) is 39.2 Å². The Hall–Kier alpha value is -2.12. The van der Waals surface area contributed by atoms with E-state index in [4.69, 9.17) is 0 Å². The molecule has 1 saturated heterocycles. The molecule has 0 aromatic carbocycles. The van der Waals surface area contributed by atoms with Crippen molar-refractivity contribution >= 4 is 11.3 Å². The molecular weight excluding hydrogens is 332 g/mol. The molecule has 6 nitrogen and oxygen atoms in total. The molecule has 3 aromatic rings. The first-order valence-electron chi connectivity index (χ1n) is 8.65. The average Bonchev–Trinajstić information content (AvgIpc) is 3.24. The molecule has 7 heteroatoms. The van der Waals surface area contributed by atoms with Crippen LogP contribution in [0.1, 0.15) is 40.7 Å². The second-order valence-corrected chi connectivity index (χ2v) is 7.58. The summed E-state index contributed by atoms with van der Waals surface area (Å²) in [5.74, 6) is 1.20. The first-order valence-corrected chi connectivity index (χ1v) is 9.53. The number of nitrogens with zero attached hydrogens (tertiary/aromatic N) is 5. The summed E-state index contributed by atoms with van der Waals surface area (Å²) in [6, 6.07) is 0. The van der Waals surface area contributed by atoms with Gasteiger partial charge in [-0.2, -0.15) is 0 Å². The fourth-order valence-electron chi connectivity index (χ4n) is 3.47. The van der Waals surface area contributed by atoms with Crippen molar-refractivity contribution in [3.63, 3.8) is 0 Å². The van der Waals surface area contributed by atoms with Gasteiger partial charge in [0.15, 0.2) is 5.82 Å². The van der Waals surface area contributed by atoms with Gasteiger partial charge >= 0.3 is 0 Å². The molecule has 25 heavy (non-hydrogen) atoms. The molecule has 1 aliphatic heterocycles. The van der Waals surface area contributed by atoms with Crippen LogP contribution in [0, 0.1) is 13.8 Å². The molecule has 0 radical (unpaired) electrons. The van der Waals surface area contributed by atoms with Gasteiger partial charge in [0.05, 0.1) is 16.9 Å². The smallest absolute Gasteiger partial charge is 0.158 e. The summed E-state index contributed by atoms with van der Waals surface area (Å²) in [4.78, 5) is 25.2. The summed E-state index contributed by atoms with van der Waals surface area (Å²) in [5.41, 5.74) is 6.07. The Morgan fingerprint density at radius 3 is 2.84 bits per heavy atom. The van der Waals surface area contributed by atoms with Crippen LogP contribution in [-0.2, 0) is 6.54 Å². The minimum atomic E-state index is 0.385. The molecule has 3 aromatic heterocycles. The van der Waals surface area contributed by atoms with E-state index in [1.807, 2.05) is 18.6 Å². The molecule has 0 spiro atoms. The molecule has 4 heterocycles. The molecule has 1 atom stereocenters. The highest BCUT2D eigenvalue weighted by Crippen LogP contribution is 2.31. The van der Waals surface area contributed by atoms with Crippen molar-refractivity contribution < 1.29 is 0 Å². The Morgan fingerprint density at radius 1 is 1.20 bits per heavy atom. The number of aryl methyl sites for hydroxylation is 2. The quantitative estimate of drug-likeness (QED) is 0.778. The van der Waals surface area contributed by atoms with Crippen LogP contribution in [-0.4, -0.2) is 42.9 Å². The number of likely N-dealkylation sites (tertiary alicyclic amines) is 1. The minimum Gasteiger partial charge on any atom is -0.341 e. The van der Waals surface area contributed by atoms with Gasteiger partial charge in [0.2, 0.25) is 0 Å². The zero-order chi connectivity index (χ0) is 17.2. The topological polar surface area (TPSA) is 70.6 Å². The molecule has 0 aliphatic carbocycles. The summed E-state index contributed by atoms with van der Waals surface area (Å²) in [6.07, 6.45) is 7.70. The normalized spacial score (nSPS) is 18.6. The van der Waals surface area contributed by atoms with Crippen molar-refractivity contribution in [1.82, 2.24) is 29.8 Å². The van der Waals surface area contributed by atoms with Crippen LogP contribution in [0.4, 0.5) is 0 Å². The van der Waals surface area contributed by atoms with E-state index in [-0.39, 0.29) is 0 Å². The summed E-state index contributed by atoms with van der Waals surface area (Å²) in [7, 11) is 0. The van der Waals surface area contributed by atoms with Gasteiger partial charge in [-0.15, -0.1) is 11.3 Å². The first kappa shape index (κ1) is 16.4. The highest BCUT2D eigenvalue weighted by molar-refractivity contribution is 7.09. The van der Waals surface area contributed by atoms with E-state index in [0.717, 1.165) is 54.7 Å². The highest BCUT2D eigenvalue weighted by Gasteiger charge is 2.26. The average molecular weight is 354 g/mol. The summed E-state index contributed by atoms with van der Waals surface area (Å²) in [6.45, 7) is 7.20. The predicted octanol–water partition coefficient (Wildman–Crippen LogP) is 3.32. The molecule has 1 fully saturated rings. The second-order valence-electron chi connectivity index (χ2n) is 6.64. The summed E-state index contributed by atoms with van der Waals surface area (Å²) in [5, 5.41) is 0. The van der Waals surface area contributed by atoms with Gasteiger partial charge in [-0.05, 0) is 33.2 Å². The SMILES string of the molecule is Cc1cnc(-c2nccnc2C2CCCN(Cc3scnc3C)C2)[nH]1. The number of aromatic nitrogens is 5. The van der Waals surface area contributed by atoms with Crippen LogP contribution in [0.2, 0.25) is 0 Å². The van der Waals surface area contributed by atoms with Gasteiger partial charge in [-0.25, -0.2) is 15.0 Å². The lowest BCUT2D eigenvalue weighted by atomic mass is 9.93. The van der Waals surface area contributed by atoms with Crippen LogP contribution >= 0.6 is 11.3 Å². The maximum absolute atomic E-state index is 4.68. The number of hydrogen-bond acceptors (Lipinski definition) is 6. The van der Waals surface area contributed by atoms with Crippen LogP contribution in [0.15, 0.2) is 24.1 Å². The maximum atomic E-state index is 4.68. The number of nitrogens with one attached hydrogen (secondary N) is 1. The van der Waals surface area contributed by atoms with Crippen molar-refractivity contribution in [2.75, 3.05) is 13.1 Å². The lowest BCUT2D eigenvalue weighted by molar-refractivity contribution is 0.199. The van der Waals surface area contributed by atoms with Crippen molar-refractivity contribution in [3.05, 3.63) is 46.1 Å². The maximum Gasteiger partial charge on any atom is 0.158 e. The van der Waals surface area contributed by atoms with Gasteiger partial charge in [-0.3, -0.25) is 9.88 Å². The minimum absolute atomic E-state index is 0.385. The number of thiazole rings is 1. The van der Waals surface area contributed by atoms with Crippen LogP contribution in [0.3, 0.4) is 0 Å². The Morgan fingerprint density at radius 2 is 2.08 bits per heavy atom. The third-order valence-corrected chi connectivity index (χ3v) is 5.68. The largest absolute Gasteiger partial charge is 0.341 e. The first-order chi connectivity index (χ1) is 12.2. The lowest BCUT2D eigenvalue weighted by Gasteiger charge is -2.32. The Kier molecular flexibility index (Phi) is 4.59. The predicted molar refractivity (Wildman–Crippen MR) is 98.5 cm³/mol. The fraction of sp³-hybridized carbons (Fsp3) is 0.444. The lowest BCUT2D eigenvalue weighted by Crippen LogP contribution is -2.34. The summed E-state index contributed by atoms with van der Waals surface area (Å²) < 4.78 is 0. The van der Waals surface area contributed by atoms with E-state index >= 15 is 0 Å². The van der Waals surface area contributed by atoms with E-state index in [2.05, 4.69) is 36.7 Å². The Bertz CT molecular complexity index is 855. The van der Waals surface area contributed by atoms with E-state index < -0.39 is 0 Å². The van der Waals surface area contributed by atoms with Crippen molar-refractivity contribution in [2.24, 2.45) is 0 Å². The Labute approximate surface area is 151 Å². The zero-order valence-electron chi connectivity index (χ0n) is 14.6. The number of imidazole rings is 1. The third kappa shape index (κ3) is 3.48. The van der Waals surface area contributed by atoms with Crippen LogP contribution in [0.25, 0.3) is 11.5 Å².